The van der Waals surface area contributed by atoms with Gasteiger partial charge in [-0.1, -0.05) is 17.3 Å². The zero-order valence-electron chi connectivity index (χ0n) is 11.8. The summed E-state index contributed by atoms with van der Waals surface area (Å²) in [7, 11) is 0. The molecule has 118 valence electrons. The predicted octanol–water partition coefficient (Wildman–Crippen LogP) is 0.979. The number of carbonyl (C=O) groups is 1. The van der Waals surface area contributed by atoms with Gasteiger partial charge < -0.3 is 10.6 Å². The second-order valence-corrected chi connectivity index (χ2v) is 5.09. The number of benzene rings is 1. The molecule has 2 heterocycles. The summed E-state index contributed by atoms with van der Waals surface area (Å²) >= 11 is 0. The summed E-state index contributed by atoms with van der Waals surface area (Å²) in [6.07, 6.45) is 2.49. The van der Waals surface area contributed by atoms with E-state index < -0.39 is 0 Å². The molecule has 8 heteroatoms. The molecule has 1 aliphatic rings. The van der Waals surface area contributed by atoms with Gasteiger partial charge in [0.1, 0.15) is 5.82 Å². The predicted molar refractivity (Wildman–Crippen MR) is 81.5 cm³/mol. The van der Waals surface area contributed by atoms with E-state index in [1.54, 1.807) is 18.3 Å². The van der Waals surface area contributed by atoms with Crippen LogP contribution in [0, 0.1) is 5.82 Å². The van der Waals surface area contributed by atoms with Crippen molar-refractivity contribution in [2.45, 2.75) is 19.0 Å². The molecule has 6 nitrogen and oxygen atoms in total. The summed E-state index contributed by atoms with van der Waals surface area (Å²) in [6.45, 7) is 2.07. The minimum atomic E-state index is -0.292. The molecular weight excluding hydrogens is 309 g/mol. The van der Waals surface area contributed by atoms with E-state index in [9.17, 15) is 9.18 Å². The van der Waals surface area contributed by atoms with Crippen molar-refractivity contribution >= 4 is 18.3 Å². The second kappa shape index (κ2) is 7.33. The number of aromatic nitrogens is 3. The van der Waals surface area contributed by atoms with Crippen molar-refractivity contribution in [3.05, 3.63) is 47.5 Å². The van der Waals surface area contributed by atoms with Crippen LogP contribution in [0.1, 0.15) is 22.5 Å². The number of rotatable bonds is 4. The van der Waals surface area contributed by atoms with Crippen molar-refractivity contribution in [3.63, 3.8) is 0 Å². The van der Waals surface area contributed by atoms with Gasteiger partial charge in [-0.15, -0.1) is 17.5 Å². The summed E-state index contributed by atoms with van der Waals surface area (Å²) in [5, 5.41) is 13.9. The smallest absolute Gasteiger partial charge is 0.273 e. The number of halogens is 2. The first-order valence-corrected chi connectivity index (χ1v) is 6.87. The Bertz CT molecular complexity index is 642. The molecule has 1 unspecified atom stereocenters. The third kappa shape index (κ3) is 4.02. The van der Waals surface area contributed by atoms with Gasteiger partial charge in [-0.05, 0) is 30.7 Å². The summed E-state index contributed by atoms with van der Waals surface area (Å²) in [5.74, 6) is -0.520. The molecular formula is C14H17ClFN5O. The fraction of sp³-hybridized carbons (Fsp3) is 0.357. The number of nitrogens with one attached hydrogen (secondary N) is 2. The molecule has 1 aliphatic heterocycles. The third-order valence-corrected chi connectivity index (χ3v) is 3.40. The molecule has 0 radical (unpaired) electrons. The molecule has 1 aromatic carbocycles. The van der Waals surface area contributed by atoms with Crippen LogP contribution in [0.4, 0.5) is 4.39 Å². The van der Waals surface area contributed by atoms with Crippen molar-refractivity contribution in [1.29, 1.82) is 0 Å². The van der Waals surface area contributed by atoms with Crippen LogP contribution < -0.4 is 10.6 Å². The Labute approximate surface area is 133 Å². The van der Waals surface area contributed by atoms with Gasteiger partial charge in [-0.25, -0.2) is 9.07 Å². The van der Waals surface area contributed by atoms with Crippen LogP contribution in [-0.2, 0) is 6.54 Å². The van der Waals surface area contributed by atoms with Crippen LogP contribution >= 0.6 is 12.4 Å². The Morgan fingerprint density at radius 1 is 1.50 bits per heavy atom. The van der Waals surface area contributed by atoms with E-state index in [0.717, 1.165) is 25.1 Å². The summed E-state index contributed by atoms with van der Waals surface area (Å²) in [6, 6.07) is 6.41. The van der Waals surface area contributed by atoms with Crippen LogP contribution in [0.3, 0.4) is 0 Å². The maximum absolute atomic E-state index is 13.1. The van der Waals surface area contributed by atoms with Gasteiger partial charge >= 0.3 is 0 Å². The average molecular weight is 326 g/mol. The van der Waals surface area contributed by atoms with Crippen LogP contribution in [-0.4, -0.2) is 40.0 Å². The SMILES string of the molecule is Cl.O=C(NC1CCNC1)c1cn(Cc2cccc(F)c2)nn1. The van der Waals surface area contributed by atoms with Crippen LogP contribution in [0.5, 0.6) is 0 Å². The van der Waals surface area contributed by atoms with E-state index in [0.29, 0.717) is 6.54 Å². The Hall–Kier alpha value is -1.99. The maximum Gasteiger partial charge on any atom is 0.273 e. The van der Waals surface area contributed by atoms with Crippen LogP contribution in [0.25, 0.3) is 0 Å². The van der Waals surface area contributed by atoms with Crippen molar-refractivity contribution in [2.24, 2.45) is 0 Å². The molecule has 0 aliphatic carbocycles. The summed E-state index contributed by atoms with van der Waals surface area (Å²) in [5.41, 5.74) is 1.05. The molecule has 2 aromatic rings. The van der Waals surface area contributed by atoms with Crippen LogP contribution in [0.2, 0.25) is 0 Å². The van der Waals surface area contributed by atoms with Gasteiger partial charge in [-0.3, -0.25) is 4.79 Å². The lowest BCUT2D eigenvalue weighted by Crippen LogP contribution is -2.36. The highest BCUT2D eigenvalue weighted by atomic mass is 35.5. The summed E-state index contributed by atoms with van der Waals surface area (Å²) < 4.78 is 14.6. The molecule has 3 rings (SSSR count). The largest absolute Gasteiger partial charge is 0.347 e. The minimum absolute atomic E-state index is 0. The van der Waals surface area contributed by atoms with Gasteiger partial charge in [0.15, 0.2) is 5.69 Å². The number of hydrogen-bond acceptors (Lipinski definition) is 4. The normalized spacial score (nSPS) is 17.0. The number of nitrogens with zero attached hydrogens (tertiary/aromatic N) is 3. The van der Waals surface area contributed by atoms with Crippen molar-refractivity contribution in [1.82, 2.24) is 25.6 Å². The first-order valence-electron chi connectivity index (χ1n) is 6.87. The van der Waals surface area contributed by atoms with Gasteiger partial charge in [0.05, 0.1) is 12.7 Å². The quantitative estimate of drug-likeness (QED) is 0.879. The Morgan fingerprint density at radius 3 is 3.09 bits per heavy atom. The van der Waals surface area contributed by atoms with E-state index in [2.05, 4.69) is 20.9 Å². The highest BCUT2D eigenvalue weighted by Crippen LogP contribution is 2.06. The van der Waals surface area contributed by atoms with Crippen LogP contribution in [0.15, 0.2) is 30.5 Å². The fourth-order valence-corrected chi connectivity index (χ4v) is 2.34. The van der Waals surface area contributed by atoms with Crippen molar-refractivity contribution in [3.8, 4) is 0 Å². The number of hydrogen-bond donors (Lipinski definition) is 2. The Kier molecular flexibility index (Phi) is 5.46. The zero-order valence-corrected chi connectivity index (χ0v) is 12.6. The molecule has 0 bridgehead atoms. The first kappa shape index (κ1) is 16.4. The molecule has 0 spiro atoms. The molecule has 1 saturated heterocycles. The van der Waals surface area contributed by atoms with Crippen molar-refractivity contribution in [2.75, 3.05) is 13.1 Å². The Morgan fingerprint density at radius 2 is 2.36 bits per heavy atom. The minimum Gasteiger partial charge on any atom is -0.347 e. The van der Waals surface area contributed by atoms with Gasteiger partial charge in [0, 0.05) is 12.6 Å². The van der Waals surface area contributed by atoms with E-state index in [4.69, 9.17) is 0 Å². The molecule has 2 N–H and O–H groups in total. The lowest BCUT2D eigenvalue weighted by atomic mass is 10.2. The molecule has 1 fully saturated rings. The first-order chi connectivity index (χ1) is 10.2. The number of amides is 1. The van der Waals surface area contributed by atoms with Gasteiger partial charge in [0.2, 0.25) is 0 Å². The molecule has 1 aromatic heterocycles. The Balaban J connectivity index is 0.00000176. The topological polar surface area (TPSA) is 71.8 Å². The fourth-order valence-electron chi connectivity index (χ4n) is 2.34. The van der Waals surface area contributed by atoms with E-state index in [1.165, 1.54) is 16.8 Å². The van der Waals surface area contributed by atoms with E-state index in [1.807, 2.05) is 0 Å². The van der Waals surface area contributed by atoms with Crippen molar-refractivity contribution < 1.29 is 9.18 Å². The van der Waals surface area contributed by atoms with E-state index >= 15 is 0 Å². The highest BCUT2D eigenvalue weighted by molar-refractivity contribution is 5.92. The standard InChI is InChI=1S/C14H16FN5O.ClH/c15-11-3-1-2-10(6-11)8-20-9-13(18-19-20)14(21)17-12-4-5-16-7-12;/h1-3,6,9,12,16H,4-5,7-8H2,(H,17,21);1H. The molecule has 1 atom stereocenters. The lowest BCUT2D eigenvalue weighted by molar-refractivity contribution is 0.0935. The van der Waals surface area contributed by atoms with E-state index in [-0.39, 0.29) is 35.9 Å². The zero-order chi connectivity index (χ0) is 14.7. The molecule has 1 amide bonds. The second-order valence-electron chi connectivity index (χ2n) is 5.09. The summed E-state index contributed by atoms with van der Waals surface area (Å²) in [4.78, 5) is 12.0. The lowest BCUT2D eigenvalue weighted by Gasteiger charge is -2.08. The highest BCUT2D eigenvalue weighted by Gasteiger charge is 2.19. The monoisotopic (exact) mass is 325 g/mol. The maximum atomic E-state index is 13.1. The molecule has 22 heavy (non-hydrogen) atoms. The molecule has 0 saturated carbocycles. The van der Waals surface area contributed by atoms with Gasteiger partial charge in [-0.2, -0.15) is 0 Å². The average Bonchev–Trinajstić information content (AvgIpc) is 3.10. The third-order valence-electron chi connectivity index (χ3n) is 3.40. The van der Waals surface area contributed by atoms with Gasteiger partial charge in [0.25, 0.3) is 5.91 Å². The number of carbonyl (C=O) groups excluding carboxylic acids is 1.